The second-order valence-corrected chi connectivity index (χ2v) is 14.4. The van der Waals surface area contributed by atoms with E-state index in [-0.39, 0.29) is 41.5 Å². The number of methoxy groups -OCH3 is 3. The number of amides is 1. The zero-order valence-electron chi connectivity index (χ0n) is 33.5. The van der Waals surface area contributed by atoms with E-state index in [0.717, 1.165) is 34.3 Å². The topological polar surface area (TPSA) is 139 Å². The van der Waals surface area contributed by atoms with E-state index in [9.17, 15) is 18.8 Å². The van der Waals surface area contributed by atoms with E-state index in [1.54, 1.807) is 30.3 Å². The summed E-state index contributed by atoms with van der Waals surface area (Å²) < 4.78 is 38.8. The average Bonchev–Trinajstić information content (AvgIpc) is 3.57. The highest BCUT2D eigenvalue weighted by molar-refractivity contribution is 5.97. The van der Waals surface area contributed by atoms with Crippen LogP contribution < -0.4 is 30.1 Å². The summed E-state index contributed by atoms with van der Waals surface area (Å²) in [6.45, 7) is 3.16. The number of rotatable bonds is 15. The normalized spacial score (nSPS) is 15.1. The SMILES string of the molecule is CCOC(=O)C1CCC(n2c(=O)n(-c3ccc(CNC(=O)c4cc(F)ccc4OC)cc3)c3c(N(Cc4ccc(OC)cc4)Cc4ccc(OC)cc4)ncnc32)CC1. The van der Waals surface area contributed by atoms with Gasteiger partial charge >= 0.3 is 11.7 Å². The monoisotopic (exact) mass is 802 g/mol. The molecule has 14 heteroatoms. The van der Waals surface area contributed by atoms with Crippen LogP contribution in [-0.2, 0) is 29.2 Å². The van der Waals surface area contributed by atoms with Gasteiger partial charge in [-0.3, -0.25) is 18.7 Å². The molecule has 13 nitrogen and oxygen atoms in total. The average molecular weight is 803 g/mol. The molecule has 0 spiro atoms. The van der Waals surface area contributed by atoms with Crippen molar-refractivity contribution in [1.29, 1.82) is 0 Å². The van der Waals surface area contributed by atoms with Crippen LogP contribution in [0.3, 0.4) is 0 Å². The third kappa shape index (κ3) is 8.91. The number of imidazole rings is 1. The molecule has 59 heavy (non-hydrogen) atoms. The zero-order chi connectivity index (χ0) is 41.5. The summed E-state index contributed by atoms with van der Waals surface area (Å²) >= 11 is 0. The van der Waals surface area contributed by atoms with Crippen LogP contribution >= 0.6 is 0 Å². The standard InChI is InChI=1S/C45H47FN6O7/c1-5-59-44(54)32-12-17-35(18-13-32)52-42-40(51(45(52)55)34-15-6-29(7-16-34)25-47-43(53)38-24-33(46)14-23-39(38)58-4)41(48-28-49-42)50(26-30-8-19-36(56-2)20-9-30)27-31-10-21-37(57-3)22-11-31/h6-11,14-16,19-24,28,32,35H,5,12-13,17-18,25-27H2,1-4H3,(H,47,53). The third-order valence-corrected chi connectivity index (χ3v) is 10.7. The highest BCUT2D eigenvalue weighted by atomic mass is 19.1. The Hall–Kier alpha value is -6.70. The number of fused-ring (bicyclic) bond motifs is 1. The molecular formula is C45H47FN6O7. The molecule has 306 valence electrons. The Bertz CT molecular complexity index is 2410. The fraction of sp³-hybridized carbons (Fsp3) is 0.311. The summed E-state index contributed by atoms with van der Waals surface area (Å²) in [5.41, 5.74) is 4.14. The van der Waals surface area contributed by atoms with Crippen molar-refractivity contribution in [3.05, 3.63) is 136 Å². The van der Waals surface area contributed by atoms with Gasteiger partial charge in [0.05, 0.1) is 45.1 Å². The van der Waals surface area contributed by atoms with Crippen LogP contribution in [0.25, 0.3) is 16.9 Å². The Balaban J connectivity index is 1.29. The van der Waals surface area contributed by atoms with Gasteiger partial charge < -0.3 is 29.2 Å². The molecule has 1 aliphatic rings. The number of hydrogen-bond acceptors (Lipinski definition) is 10. The van der Waals surface area contributed by atoms with Crippen LogP contribution in [0.5, 0.6) is 17.2 Å². The van der Waals surface area contributed by atoms with Crippen molar-refractivity contribution in [2.24, 2.45) is 5.92 Å². The first-order valence-corrected chi connectivity index (χ1v) is 19.6. The number of benzene rings is 4. The predicted octanol–water partition coefficient (Wildman–Crippen LogP) is 7.18. The lowest BCUT2D eigenvalue weighted by Gasteiger charge is -2.28. The molecule has 2 aromatic heterocycles. The summed E-state index contributed by atoms with van der Waals surface area (Å²) in [5.74, 6) is 0.822. The minimum atomic E-state index is -0.549. The summed E-state index contributed by atoms with van der Waals surface area (Å²) in [6.07, 6.45) is 3.86. The fourth-order valence-electron chi connectivity index (χ4n) is 7.67. The number of nitrogens with zero attached hydrogens (tertiary/aromatic N) is 5. The van der Waals surface area contributed by atoms with E-state index >= 15 is 0 Å². The number of carbonyl (C=O) groups excluding carboxylic acids is 2. The first-order chi connectivity index (χ1) is 28.7. The number of hydrogen-bond donors (Lipinski definition) is 1. The zero-order valence-corrected chi connectivity index (χ0v) is 33.5. The van der Waals surface area contributed by atoms with E-state index in [2.05, 4.69) is 10.2 Å². The molecule has 4 aromatic carbocycles. The predicted molar refractivity (Wildman–Crippen MR) is 221 cm³/mol. The van der Waals surface area contributed by atoms with Crippen LogP contribution in [-0.4, -0.2) is 58.9 Å². The minimum Gasteiger partial charge on any atom is -0.497 e. The van der Waals surface area contributed by atoms with Crippen molar-refractivity contribution in [2.45, 2.75) is 58.3 Å². The van der Waals surface area contributed by atoms with E-state index in [0.29, 0.717) is 68.0 Å². The van der Waals surface area contributed by atoms with Gasteiger partial charge in [-0.2, -0.15) is 0 Å². The third-order valence-electron chi connectivity index (χ3n) is 10.7. The maximum absolute atomic E-state index is 14.9. The molecule has 1 aliphatic carbocycles. The van der Waals surface area contributed by atoms with Gasteiger partial charge in [-0.05, 0) is 104 Å². The van der Waals surface area contributed by atoms with Gasteiger partial charge in [-0.25, -0.2) is 19.2 Å². The van der Waals surface area contributed by atoms with Gasteiger partial charge in [0.1, 0.15) is 34.9 Å². The van der Waals surface area contributed by atoms with E-state index in [1.807, 2.05) is 72.8 Å². The van der Waals surface area contributed by atoms with Gasteiger partial charge in [0.25, 0.3) is 5.91 Å². The van der Waals surface area contributed by atoms with Gasteiger partial charge in [0, 0.05) is 25.7 Å². The summed E-state index contributed by atoms with van der Waals surface area (Å²) in [4.78, 5) is 52.3. The second kappa shape index (κ2) is 18.3. The molecule has 2 heterocycles. The lowest BCUT2D eigenvalue weighted by atomic mass is 9.86. The van der Waals surface area contributed by atoms with Crippen molar-refractivity contribution in [3.8, 4) is 22.9 Å². The number of esters is 1. The Kier molecular flexibility index (Phi) is 12.5. The van der Waals surface area contributed by atoms with Crippen molar-refractivity contribution in [1.82, 2.24) is 24.4 Å². The quantitative estimate of drug-likeness (QED) is 0.106. The number of nitrogens with one attached hydrogen (secondary N) is 1. The molecule has 0 atom stereocenters. The molecule has 0 unspecified atom stereocenters. The lowest BCUT2D eigenvalue weighted by Crippen LogP contribution is -2.31. The molecule has 0 saturated heterocycles. The molecular weight excluding hydrogens is 756 g/mol. The first kappa shape index (κ1) is 40.5. The summed E-state index contributed by atoms with van der Waals surface area (Å²) in [7, 11) is 4.68. The highest BCUT2D eigenvalue weighted by Crippen LogP contribution is 2.36. The van der Waals surface area contributed by atoms with Crippen molar-refractivity contribution in [2.75, 3.05) is 32.8 Å². The van der Waals surface area contributed by atoms with E-state index < -0.39 is 11.7 Å². The smallest absolute Gasteiger partial charge is 0.335 e. The molecule has 6 aromatic rings. The highest BCUT2D eigenvalue weighted by Gasteiger charge is 2.32. The molecule has 1 saturated carbocycles. The van der Waals surface area contributed by atoms with Crippen LogP contribution in [0.15, 0.2) is 102 Å². The summed E-state index contributed by atoms with van der Waals surface area (Å²) in [5, 5.41) is 2.84. The Labute approximate surface area is 341 Å². The van der Waals surface area contributed by atoms with Gasteiger partial charge in [-0.1, -0.05) is 36.4 Å². The molecule has 0 bridgehead atoms. The lowest BCUT2D eigenvalue weighted by molar-refractivity contribution is -0.149. The Morgan fingerprint density at radius 1 is 0.797 bits per heavy atom. The van der Waals surface area contributed by atoms with Gasteiger partial charge in [-0.15, -0.1) is 0 Å². The van der Waals surface area contributed by atoms with Crippen LogP contribution in [0.1, 0.15) is 65.7 Å². The Morgan fingerprint density at radius 2 is 1.41 bits per heavy atom. The number of ether oxygens (including phenoxy) is 4. The van der Waals surface area contributed by atoms with Crippen LogP contribution in [0.4, 0.5) is 10.2 Å². The largest absolute Gasteiger partial charge is 0.497 e. The van der Waals surface area contributed by atoms with Crippen molar-refractivity contribution in [3.63, 3.8) is 0 Å². The first-order valence-electron chi connectivity index (χ1n) is 19.6. The molecule has 0 aliphatic heterocycles. The van der Waals surface area contributed by atoms with Crippen LogP contribution in [0.2, 0.25) is 0 Å². The maximum atomic E-state index is 14.9. The molecule has 0 radical (unpaired) electrons. The van der Waals surface area contributed by atoms with E-state index in [1.165, 1.54) is 25.6 Å². The van der Waals surface area contributed by atoms with Gasteiger partial charge in [0.15, 0.2) is 11.5 Å². The second-order valence-electron chi connectivity index (χ2n) is 14.4. The van der Waals surface area contributed by atoms with Crippen LogP contribution in [0, 0.1) is 11.7 Å². The Morgan fingerprint density at radius 3 is 1.98 bits per heavy atom. The fourth-order valence-corrected chi connectivity index (χ4v) is 7.67. The number of halogens is 1. The molecule has 7 rings (SSSR count). The maximum Gasteiger partial charge on any atom is 0.335 e. The summed E-state index contributed by atoms with van der Waals surface area (Å²) in [6, 6.07) is 26.5. The number of aromatic nitrogens is 4. The van der Waals surface area contributed by atoms with Crippen molar-refractivity contribution >= 4 is 28.9 Å². The number of anilines is 1. The van der Waals surface area contributed by atoms with E-state index in [4.69, 9.17) is 28.9 Å². The number of carbonyl (C=O) groups is 2. The van der Waals surface area contributed by atoms with Crippen molar-refractivity contribution < 1.29 is 32.9 Å². The minimum absolute atomic E-state index is 0.0844. The van der Waals surface area contributed by atoms with Gasteiger partial charge in [0.2, 0.25) is 0 Å². The molecule has 1 N–H and O–H groups in total. The molecule has 1 fully saturated rings. The molecule has 1 amide bonds.